The van der Waals surface area contributed by atoms with Gasteiger partial charge in [0.25, 0.3) is 0 Å². The average molecular weight is 158 g/mol. The lowest BCUT2D eigenvalue weighted by Gasteiger charge is -1.98. The fourth-order valence-electron chi connectivity index (χ4n) is 0.543. The molecule has 0 saturated carbocycles. The van der Waals surface area contributed by atoms with Gasteiger partial charge in [-0.25, -0.2) is 4.79 Å². The molecule has 0 fully saturated rings. The van der Waals surface area contributed by atoms with Gasteiger partial charge in [-0.15, -0.1) is 0 Å². The topological polar surface area (TPSA) is 46.5 Å². The number of hydrogen-bond acceptors (Lipinski definition) is 2. The number of carbonyl (C=O) groups is 1. The Morgan fingerprint density at radius 3 is 2.82 bits per heavy atom. The van der Waals surface area contributed by atoms with Gasteiger partial charge in [-0.2, -0.15) is 0 Å². The molecule has 0 aromatic rings. The fraction of sp³-hybridized carbons (Fsp3) is 0.625. The average Bonchev–Trinajstić information content (AvgIpc) is 1.97. The predicted molar refractivity (Wildman–Crippen MR) is 42.6 cm³/mol. The van der Waals surface area contributed by atoms with Crippen molar-refractivity contribution in [1.29, 1.82) is 0 Å². The largest absolute Gasteiger partial charge is 0.506 e. The second-order valence-electron chi connectivity index (χ2n) is 2.39. The molecule has 0 aromatic carbocycles. The lowest BCUT2D eigenvalue weighted by atomic mass is 10.1. The summed E-state index contributed by atoms with van der Waals surface area (Å²) in [5.74, 6) is 0.493. The second kappa shape index (κ2) is 5.77. The zero-order valence-electron chi connectivity index (χ0n) is 6.91. The molecule has 1 N–H and O–H groups in total. The summed E-state index contributed by atoms with van der Waals surface area (Å²) in [6, 6.07) is 0. The molecule has 0 aliphatic rings. The molecule has 0 aliphatic carbocycles. The van der Waals surface area contributed by atoms with E-state index in [2.05, 4.69) is 18.6 Å². The molecule has 64 valence electrons. The molecule has 0 radical (unpaired) electrons. The van der Waals surface area contributed by atoms with Crippen molar-refractivity contribution in [3.8, 4) is 0 Å². The van der Waals surface area contributed by atoms with Crippen molar-refractivity contribution >= 4 is 6.16 Å². The second-order valence-corrected chi connectivity index (χ2v) is 2.39. The summed E-state index contributed by atoms with van der Waals surface area (Å²) in [6.45, 7) is 4.30. The van der Waals surface area contributed by atoms with E-state index in [1.165, 1.54) is 0 Å². The zero-order valence-corrected chi connectivity index (χ0v) is 6.91. The minimum absolute atomic E-state index is 0.152. The highest BCUT2D eigenvalue weighted by atomic mass is 16.7. The molecule has 0 bridgehead atoms. The van der Waals surface area contributed by atoms with Crippen LogP contribution in [0.1, 0.15) is 20.3 Å². The fourth-order valence-corrected chi connectivity index (χ4v) is 0.543. The highest BCUT2D eigenvalue weighted by molar-refractivity contribution is 5.56. The molecule has 0 aromatic heterocycles. The normalized spacial score (nSPS) is 13.3. The number of carboxylic acid groups (broad SMARTS) is 1. The van der Waals surface area contributed by atoms with Crippen LogP contribution in [0.25, 0.3) is 0 Å². The predicted octanol–water partition coefficient (Wildman–Crippen LogP) is 2.28. The molecule has 0 saturated heterocycles. The van der Waals surface area contributed by atoms with Crippen molar-refractivity contribution in [3.63, 3.8) is 0 Å². The smallest absolute Gasteiger partial charge is 0.450 e. The van der Waals surface area contributed by atoms with E-state index in [1.807, 2.05) is 6.08 Å². The van der Waals surface area contributed by atoms with Gasteiger partial charge in [0.1, 0.15) is 6.61 Å². The van der Waals surface area contributed by atoms with E-state index in [-0.39, 0.29) is 6.61 Å². The molecule has 0 spiro atoms. The summed E-state index contributed by atoms with van der Waals surface area (Å²) < 4.78 is 4.27. The molecule has 1 unspecified atom stereocenters. The Kier molecular flexibility index (Phi) is 5.25. The number of rotatable bonds is 4. The Hall–Kier alpha value is -0.990. The van der Waals surface area contributed by atoms with Gasteiger partial charge in [0.15, 0.2) is 0 Å². The number of ether oxygens (including phenoxy) is 1. The van der Waals surface area contributed by atoms with Crippen LogP contribution in [-0.4, -0.2) is 17.9 Å². The van der Waals surface area contributed by atoms with Crippen LogP contribution >= 0.6 is 0 Å². The van der Waals surface area contributed by atoms with Crippen molar-refractivity contribution in [1.82, 2.24) is 0 Å². The highest BCUT2D eigenvalue weighted by Gasteiger charge is 1.92. The summed E-state index contributed by atoms with van der Waals surface area (Å²) in [7, 11) is 0. The maximum absolute atomic E-state index is 9.86. The molecule has 0 amide bonds. The van der Waals surface area contributed by atoms with Crippen molar-refractivity contribution in [2.24, 2.45) is 5.92 Å². The van der Waals surface area contributed by atoms with Crippen molar-refractivity contribution in [2.45, 2.75) is 20.3 Å². The van der Waals surface area contributed by atoms with Gasteiger partial charge < -0.3 is 9.84 Å². The van der Waals surface area contributed by atoms with Crippen molar-refractivity contribution < 1.29 is 14.6 Å². The third-order valence-corrected chi connectivity index (χ3v) is 1.41. The van der Waals surface area contributed by atoms with Crippen LogP contribution in [0.3, 0.4) is 0 Å². The van der Waals surface area contributed by atoms with Crippen LogP contribution < -0.4 is 0 Å². The standard InChI is InChI=1S/C8H14O3/c1-3-7(2)5-4-6-11-8(9)10/h4-5,7H,3,6H2,1-2H3,(H,9,10). The summed E-state index contributed by atoms with van der Waals surface area (Å²) in [4.78, 5) is 9.86. The number of allylic oxidation sites excluding steroid dienone is 1. The van der Waals surface area contributed by atoms with Gasteiger partial charge in [-0.3, -0.25) is 0 Å². The first-order valence-corrected chi connectivity index (χ1v) is 3.69. The Labute approximate surface area is 66.7 Å². The third-order valence-electron chi connectivity index (χ3n) is 1.41. The van der Waals surface area contributed by atoms with Crippen molar-refractivity contribution in [2.75, 3.05) is 6.61 Å². The van der Waals surface area contributed by atoms with Crippen LogP contribution in [0, 0.1) is 5.92 Å². The summed E-state index contributed by atoms with van der Waals surface area (Å²) in [5, 5.41) is 8.08. The van der Waals surface area contributed by atoms with Gasteiger partial charge >= 0.3 is 6.16 Å². The molecule has 3 nitrogen and oxygen atoms in total. The molecule has 1 atom stereocenters. The first kappa shape index (κ1) is 10.0. The van der Waals surface area contributed by atoms with Crippen LogP contribution in [-0.2, 0) is 4.74 Å². The molecular weight excluding hydrogens is 144 g/mol. The van der Waals surface area contributed by atoms with E-state index in [1.54, 1.807) is 6.08 Å². The lowest BCUT2D eigenvalue weighted by Crippen LogP contribution is -1.99. The van der Waals surface area contributed by atoms with E-state index >= 15 is 0 Å². The van der Waals surface area contributed by atoms with E-state index in [4.69, 9.17) is 5.11 Å². The zero-order chi connectivity index (χ0) is 8.69. The molecular formula is C8H14O3. The van der Waals surface area contributed by atoms with Crippen molar-refractivity contribution in [3.05, 3.63) is 12.2 Å². The van der Waals surface area contributed by atoms with Gasteiger partial charge in [0.2, 0.25) is 0 Å². The summed E-state index contributed by atoms with van der Waals surface area (Å²) >= 11 is 0. The maximum Gasteiger partial charge on any atom is 0.506 e. The van der Waals surface area contributed by atoms with Crippen LogP contribution in [0.15, 0.2) is 12.2 Å². The number of hydrogen-bond donors (Lipinski definition) is 1. The Morgan fingerprint density at radius 1 is 1.73 bits per heavy atom. The quantitative estimate of drug-likeness (QED) is 0.504. The molecule has 0 heterocycles. The first-order valence-electron chi connectivity index (χ1n) is 3.69. The van der Waals surface area contributed by atoms with E-state index in [0.717, 1.165) is 6.42 Å². The van der Waals surface area contributed by atoms with E-state index in [0.29, 0.717) is 5.92 Å². The molecule has 0 rings (SSSR count). The maximum atomic E-state index is 9.86. The van der Waals surface area contributed by atoms with Crippen LogP contribution in [0.2, 0.25) is 0 Å². The van der Waals surface area contributed by atoms with Crippen LogP contribution in [0.4, 0.5) is 4.79 Å². The first-order chi connectivity index (χ1) is 5.16. The summed E-state index contributed by atoms with van der Waals surface area (Å²) in [6.07, 6.45) is 3.51. The van der Waals surface area contributed by atoms with Gasteiger partial charge in [0.05, 0.1) is 0 Å². The Balaban J connectivity index is 3.36. The van der Waals surface area contributed by atoms with Gasteiger partial charge in [-0.1, -0.05) is 32.4 Å². The Morgan fingerprint density at radius 2 is 2.36 bits per heavy atom. The minimum Gasteiger partial charge on any atom is -0.450 e. The van der Waals surface area contributed by atoms with Crippen LogP contribution in [0.5, 0.6) is 0 Å². The molecule has 11 heavy (non-hydrogen) atoms. The highest BCUT2D eigenvalue weighted by Crippen LogP contribution is 2.01. The monoisotopic (exact) mass is 158 g/mol. The van der Waals surface area contributed by atoms with E-state index < -0.39 is 6.16 Å². The van der Waals surface area contributed by atoms with Gasteiger partial charge in [0, 0.05) is 0 Å². The molecule has 0 aliphatic heterocycles. The SMILES string of the molecule is CCC(C)C=CCOC(=O)O. The third kappa shape index (κ3) is 6.90. The van der Waals surface area contributed by atoms with Gasteiger partial charge in [-0.05, 0) is 5.92 Å². The minimum atomic E-state index is -1.22. The molecule has 3 heteroatoms. The Bertz CT molecular complexity index is 140. The summed E-state index contributed by atoms with van der Waals surface area (Å²) in [5.41, 5.74) is 0. The van der Waals surface area contributed by atoms with E-state index in [9.17, 15) is 4.79 Å². The lowest BCUT2D eigenvalue weighted by molar-refractivity contribution is 0.102.